The van der Waals surface area contributed by atoms with Crippen LogP contribution >= 0.6 is 39.0 Å². The molecule has 0 aliphatic carbocycles. The highest BCUT2D eigenvalue weighted by Gasteiger charge is 1.99. The fraction of sp³-hybridized carbons (Fsp3) is 0.636. The quantitative estimate of drug-likeness (QED) is 0.741. The zero-order valence-electron chi connectivity index (χ0n) is 9.83. The molecule has 5 heteroatoms. The molecule has 1 aromatic heterocycles. The summed E-state index contributed by atoms with van der Waals surface area (Å²) in [7, 11) is 2.18. The Morgan fingerprint density at radius 2 is 2.31 bits per heavy atom. The number of hydrogen-bond donors (Lipinski definition) is 1. The molecule has 0 spiro atoms. The standard InChI is InChI=1S/C11H19BrN2S2/c1-14(5-6-15-2)4-3-13-8-11-7-10(12)9-16-11/h7,9,13H,3-6,8H2,1-2H3. The Morgan fingerprint density at radius 1 is 1.50 bits per heavy atom. The van der Waals surface area contributed by atoms with Gasteiger partial charge in [-0.1, -0.05) is 0 Å². The highest BCUT2D eigenvalue weighted by molar-refractivity contribution is 9.10. The van der Waals surface area contributed by atoms with Gasteiger partial charge in [-0.15, -0.1) is 11.3 Å². The molecular formula is C11H19BrN2S2. The van der Waals surface area contributed by atoms with Crippen LogP contribution in [-0.2, 0) is 6.54 Å². The van der Waals surface area contributed by atoms with Gasteiger partial charge in [-0.2, -0.15) is 11.8 Å². The minimum atomic E-state index is 0.979. The van der Waals surface area contributed by atoms with E-state index in [1.807, 2.05) is 11.8 Å². The molecule has 0 aliphatic rings. The molecule has 0 saturated heterocycles. The molecule has 0 bridgehead atoms. The number of thiophene rings is 1. The average molecular weight is 323 g/mol. The van der Waals surface area contributed by atoms with Crippen molar-refractivity contribution in [2.45, 2.75) is 6.54 Å². The van der Waals surface area contributed by atoms with Gasteiger partial charge in [-0.05, 0) is 35.3 Å². The molecule has 0 radical (unpaired) electrons. The Morgan fingerprint density at radius 3 is 2.94 bits per heavy atom. The molecule has 1 N–H and O–H groups in total. The Kier molecular flexibility index (Phi) is 7.73. The first-order chi connectivity index (χ1) is 7.72. The Hall–Kier alpha value is 0.450. The van der Waals surface area contributed by atoms with Gasteiger partial charge in [0.05, 0.1) is 0 Å². The summed E-state index contributed by atoms with van der Waals surface area (Å²) in [5.74, 6) is 1.22. The van der Waals surface area contributed by atoms with Crippen molar-refractivity contribution in [2.24, 2.45) is 0 Å². The minimum Gasteiger partial charge on any atom is -0.311 e. The Labute approximate surface area is 115 Å². The lowest BCUT2D eigenvalue weighted by molar-refractivity contribution is 0.352. The van der Waals surface area contributed by atoms with Crippen molar-refractivity contribution < 1.29 is 0 Å². The van der Waals surface area contributed by atoms with Gasteiger partial charge in [0.25, 0.3) is 0 Å². The second-order valence-electron chi connectivity index (χ2n) is 3.70. The summed E-state index contributed by atoms with van der Waals surface area (Å²) in [5, 5.41) is 5.59. The van der Waals surface area contributed by atoms with Gasteiger partial charge in [-0.3, -0.25) is 0 Å². The van der Waals surface area contributed by atoms with Crippen LogP contribution in [0.5, 0.6) is 0 Å². The van der Waals surface area contributed by atoms with Crippen molar-refractivity contribution in [3.8, 4) is 0 Å². The molecular weight excluding hydrogens is 304 g/mol. The number of rotatable bonds is 8. The number of halogens is 1. The molecule has 0 fully saturated rings. The second-order valence-corrected chi connectivity index (χ2v) is 6.60. The van der Waals surface area contributed by atoms with E-state index in [9.17, 15) is 0 Å². The molecule has 16 heavy (non-hydrogen) atoms. The summed E-state index contributed by atoms with van der Waals surface area (Å²) < 4.78 is 1.19. The number of thioether (sulfide) groups is 1. The van der Waals surface area contributed by atoms with Gasteiger partial charge in [0.2, 0.25) is 0 Å². The van der Waals surface area contributed by atoms with E-state index in [0.717, 1.165) is 19.6 Å². The number of nitrogens with zero attached hydrogens (tertiary/aromatic N) is 1. The van der Waals surface area contributed by atoms with Crippen molar-refractivity contribution in [1.82, 2.24) is 10.2 Å². The van der Waals surface area contributed by atoms with Gasteiger partial charge in [0.15, 0.2) is 0 Å². The predicted octanol–water partition coefficient (Wildman–Crippen LogP) is 2.90. The van der Waals surface area contributed by atoms with Crippen LogP contribution in [0.25, 0.3) is 0 Å². The fourth-order valence-electron chi connectivity index (χ4n) is 1.29. The van der Waals surface area contributed by atoms with Crippen LogP contribution in [0, 0.1) is 0 Å². The van der Waals surface area contributed by atoms with Crippen LogP contribution < -0.4 is 5.32 Å². The Balaban J connectivity index is 2.03. The first-order valence-corrected chi connectivity index (χ1v) is 8.40. The Bertz CT molecular complexity index is 291. The van der Waals surface area contributed by atoms with Crippen molar-refractivity contribution in [3.63, 3.8) is 0 Å². The van der Waals surface area contributed by atoms with E-state index in [-0.39, 0.29) is 0 Å². The molecule has 0 amide bonds. The van der Waals surface area contributed by atoms with Crippen LogP contribution in [-0.4, -0.2) is 43.6 Å². The van der Waals surface area contributed by atoms with E-state index in [1.165, 1.54) is 21.6 Å². The smallest absolute Gasteiger partial charge is 0.0300 e. The van der Waals surface area contributed by atoms with E-state index in [1.54, 1.807) is 11.3 Å². The summed E-state index contributed by atoms with van der Waals surface area (Å²) in [5.41, 5.74) is 0. The van der Waals surface area contributed by atoms with Crippen molar-refractivity contribution in [3.05, 3.63) is 20.8 Å². The predicted molar refractivity (Wildman–Crippen MR) is 79.6 cm³/mol. The summed E-state index contributed by atoms with van der Waals surface area (Å²) in [6.07, 6.45) is 2.15. The lowest BCUT2D eigenvalue weighted by Crippen LogP contribution is -2.30. The van der Waals surface area contributed by atoms with Gasteiger partial charge >= 0.3 is 0 Å². The maximum Gasteiger partial charge on any atom is 0.0300 e. The van der Waals surface area contributed by atoms with Crippen LogP contribution in [0.4, 0.5) is 0 Å². The van der Waals surface area contributed by atoms with Gasteiger partial charge in [0, 0.05) is 46.7 Å². The van der Waals surface area contributed by atoms with E-state index in [4.69, 9.17) is 0 Å². The topological polar surface area (TPSA) is 15.3 Å². The lowest BCUT2D eigenvalue weighted by atomic mass is 10.4. The van der Waals surface area contributed by atoms with E-state index in [0.29, 0.717) is 0 Å². The zero-order chi connectivity index (χ0) is 11.8. The summed E-state index contributed by atoms with van der Waals surface area (Å²) in [6.45, 7) is 4.33. The summed E-state index contributed by atoms with van der Waals surface area (Å²) in [6, 6.07) is 2.18. The van der Waals surface area contributed by atoms with E-state index < -0.39 is 0 Å². The van der Waals surface area contributed by atoms with Crippen LogP contribution in [0.2, 0.25) is 0 Å². The highest BCUT2D eigenvalue weighted by Crippen LogP contribution is 2.19. The zero-order valence-corrected chi connectivity index (χ0v) is 13.1. The molecule has 0 aromatic carbocycles. The average Bonchev–Trinajstić information content (AvgIpc) is 2.67. The third kappa shape index (κ3) is 6.25. The van der Waals surface area contributed by atoms with Crippen LogP contribution in [0.1, 0.15) is 4.88 Å². The fourth-order valence-corrected chi connectivity index (χ4v) is 3.20. The maximum atomic E-state index is 3.46. The highest BCUT2D eigenvalue weighted by atomic mass is 79.9. The first kappa shape index (κ1) is 14.5. The number of likely N-dealkylation sites (N-methyl/N-ethyl adjacent to an activating group) is 1. The van der Waals surface area contributed by atoms with E-state index >= 15 is 0 Å². The van der Waals surface area contributed by atoms with Crippen molar-refractivity contribution in [1.29, 1.82) is 0 Å². The number of hydrogen-bond acceptors (Lipinski definition) is 4. The second kappa shape index (κ2) is 8.53. The van der Waals surface area contributed by atoms with Crippen molar-refractivity contribution >= 4 is 39.0 Å². The first-order valence-electron chi connectivity index (χ1n) is 5.33. The lowest BCUT2D eigenvalue weighted by Gasteiger charge is -2.15. The molecule has 2 nitrogen and oxygen atoms in total. The van der Waals surface area contributed by atoms with Gasteiger partial charge in [0.1, 0.15) is 0 Å². The molecule has 0 aliphatic heterocycles. The molecule has 0 saturated carbocycles. The van der Waals surface area contributed by atoms with Crippen LogP contribution in [0.15, 0.2) is 15.9 Å². The molecule has 92 valence electrons. The third-order valence-electron chi connectivity index (χ3n) is 2.27. The van der Waals surface area contributed by atoms with E-state index in [2.05, 4.69) is 50.9 Å². The normalized spacial score (nSPS) is 11.2. The largest absolute Gasteiger partial charge is 0.311 e. The third-order valence-corrected chi connectivity index (χ3v) is 4.56. The molecule has 1 aromatic rings. The van der Waals surface area contributed by atoms with Crippen LogP contribution in [0.3, 0.4) is 0 Å². The SMILES string of the molecule is CSCCN(C)CCNCc1cc(Br)cs1. The van der Waals surface area contributed by atoms with Gasteiger partial charge in [-0.25, -0.2) is 0 Å². The molecule has 1 heterocycles. The van der Waals surface area contributed by atoms with Crippen molar-refractivity contribution in [2.75, 3.05) is 38.7 Å². The molecule has 1 rings (SSSR count). The molecule has 0 unspecified atom stereocenters. The minimum absolute atomic E-state index is 0.979. The van der Waals surface area contributed by atoms with Gasteiger partial charge < -0.3 is 10.2 Å². The monoisotopic (exact) mass is 322 g/mol. The summed E-state index contributed by atoms with van der Waals surface area (Å²) >= 11 is 7.16. The maximum absolute atomic E-state index is 3.46. The summed E-state index contributed by atoms with van der Waals surface area (Å²) in [4.78, 5) is 3.76. The molecule has 0 atom stereocenters. The number of nitrogens with one attached hydrogen (secondary N) is 1.